The Kier molecular flexibility index (Phi) is 6.67. The van der Waals surface area contributed by atoms with Gasteiger partial charge in [0, 0.05) is 38.8 Å². The van der Waals surface area contributed by atoms with E-state index >= 15 is 0 Å². The van der Waals surface area contributed by atoms with Crippen molar-refractivity contribution >= 4 is 5.91 Å². The standard InChI is InChI=1S/C15H26F3N3O2/c16-15(17,18)12-3-1-2-4-13(12)19-14(23)11-21-7-5-20(6-8-21)9-10-22/h12-13,22H,1-11H2,(H,19,23)/t12-,13+/m0/s1. The molecule has 1 aliphatic heterocycles. The lowest BCUT2D eigenvalue weighted by atomic mass is 9.84. The molecule has 0 radical (unpaired) electrons. The average molecular weight is 337 g/mol. The van der Waals surface area contributed by atoms with Crippen molar-refractivity contribution in [2.45, 2.75) is 37.9 Å². The summed E-state index contributed by atoms with van der Waals surface area (Å²) >= 11 is 0. The molecule has 0 aromatic heterocycles. The number of nitrogens with zero attached hydrogens (tertiary/aromatic N) is 2. The Hall–Kier alpha value is -0.860. The van der Waals surface area contributed by atoms with Crippen LogP contribution in [0.15, 0.2) is 0 Å². The second kappa shape index (κ2) is 8.30. The molecule has 1 saturated carbocycles. The van der Waals surface area contributed by atoms with Crippen molar-refractivity contribution in [1.29, 1.82) is 0 Å². The van der Waals surface area contributed by atoms with Crippen LogP contribution in [0.2, 0.25) is 0 Å². The molecule has 0 spiro atoms. The molecule has 2 fully saturated rings. The van der Waals surface area contributed by atoms with Gasteiger partial charge in [0.25, 0.3) is 0 Å². The monoisotopic (exact) mass is 337 g/mol. The molecule has 8 heteroatoms. The molecule has 5 nitrogen and oxygen atoms in total. The Morgan fingerprint density at radius 1 is 1.09 bits per heavy atom. The lowest BCUT2D eigenvalue weighted by Gasteiger charge is -2.36. The first-order valence-corrected chi connectivity index (χ1v) is 8.32. The predicted octanol–water partition coefficient (Wildman–Crippen LogP) is 0.834. The second-order valence-electron chi connectivity index (χ2n) is 6.45. The van der Waals surface area contributed by atoms with Crippen LogP contribution < -0.4 is 5.32 Å². The fourth-order valence-corrected chi connectivity index (χ4v) is 3.46. The number of nitrogens with one attached hydrogen (secondary N) is 1. The number of carbonyl (C=O) groups excluding carboxylic acids is 1. The van der Waals surface area contributed by atoms with Crippen molar-refractivity contribution < 1.29 is 23.1 Å². The molecule has 1 aliphatic carbocycles. The smallest absolute Gasteiger partial charge is 0.393 e. The van der Waals surface area contributed by atoms with Crippen molar-refractivity contribution in [3.05, 3.63) is 0 Å². The number of rotatable bonds is 5. The van der Waals surface area contributed by atoms with E-state index in [2.05, 4.69) is 10.2 Å². The molecule has 1 amide bonds. The second-order valence-corrected chi connectivity index (χ2v) is 6.45. The van der Waals surface area contributed by atoms with E-state index in [9.17, 15) is 18.0 Å². The van der Waals surface area contributed by atoms with Gasteiger partial charge in [-0.25, -0.2) is 0 Å². The van der Waals surface area contributed by atoms with Crippen LogP contribution >= 0.6 is 0 Å². The van der Waals surface area contributed by atoms with Crippen molar-refractivity contribution in [2.75, 3.05) is 45.9 Å². The van der Waals surface area contributed by atoms with Crippen molar-refractivity contribution in [3.8, 4) is 0 Å². The molecule has 0 bridgehead atoms. The van der Waals surface area contributed by atoms with Crippen LogP contribution in [0, 0.1) is 5.92 Å². The molecular formula is C15H26F3N3O2. The highest BCUT2D eigenvalue weighted by Gasteiger charge is 2.45. The minimum absolute atomic E-state index is 0.105. The fraction of sp³-hybridized carbons (Fsp3) is 0.933. The summed E-state index contributed by atoms with van der Waals surface area (Å²) in [5.74, 6) is -1.73. The van der Waals surface area contributed by atoms with E-state index < -0.39 is 18.1 Å². The van der Waals surface area contributed by atoms with Crippen molar-refractivity contribution in [1.82, 2.24) is 15.1 Å². The van der Waals surface area contributed by atoms with Gasteiger partial charge in [0.05, 0.1) is 19.1 Å². The van der Waals surface area contributed by atoms with Gasteiger partial charge >= 0.3 is 6.18 Å². The summed E-state index contributed by atoms with van der Waals surface area (Å²) in [6.07, 6.45) is -2.43. The number of piperazine rings is 1. The summed E-state index contributed by atoms with van der Waals surface area (Å²) in [5, 5.41) is 11.5. The van der Waals surface area contributed by atoms with Crippen LogP contribution in [0.3, 0.4) is 0 Å². The maximum absolute atomic E-state index is 13.0. The minimum Gasteiger partial charge on any atom is -0.395 e. The first-order chi connectivity index (χ1) is 10.9. The SMILES string of the molecule is O=C(CN1CCN(CCO)CC1)N[C@@H]1CCCC[C@@H]1C(F)(F)F. The number of amides is 1. The number of alkyl halides is 3. The molecule has 2 aliphatic rings. The largest absolute Gasteiger partial charge is 0.395 e. The first-order valence-electron chi connectivity index (χ1n) is 8.32. The zero-order chi connectivity index (χ0) is 16.9. The van der Waals surface area contributed by atoms with E-state index in [0.717, 1.165) is 19.5 Å². The molecule has 2 atom stereocenters. The van der Waals surface area contributed by atoms with Crippen LogP contribution in [0.4, 0.5) is 13.2 Å². The molecule has 0 unspecified atom stereocenters. The van der Waals surface area contributed by atoms with Gasteiger partial charge in [-0.2, -0.15) is 13.2 Å². The van der Waals surface area contributed by atoms with E-state index in [1.54, 1.807) is 0 Å². The van der Waals surface area contributed by atoms with Crippen molar-refractivity contribution in [3.63, 3.8) is 0 Å². The van der Waals surface area contributed by atoms with Crippen LogP contribution in [0.5, 0.6) is 0 Å². The summed E-state index contributed by atoms with van der Waals surface area (Å²) in [4.78, 5) is 16.1. The highest BCUT2D eigenvalue weighted by atomic mass is 19.4. The molecule has 0 aromatic carbocycles. The van der Waals surface area contributed by atoms with Crippen LogP contribution in [-0.2, 0) is 4.79 Å². The van der Waals surface area contributed by atoms with Gasteiger partial charge in [-0.1, -0.05) is 12.8 Å². The molecule has 2 rings (SSSR count). The van der Waals surface area contributed by atoms with E-state index in [1.807, 2.05) is 4.90 Å². The van der Waals surface area contributed by atoms with E-state index in [1.165, 1.54) is 0 Å². The topological polar surface area (TPSA) is 55.8 Å². The normalized spacial score (nSPS) is 27.8. The quantitative estimate of drug-likeness (QED) is 0.780. The average Bonchev–Trinajstić information content (AvgIpc) is 2.49. The zero-order valence-corrected chi connectivity index (χ0v) is 13.3. The third-order valence-electron chi connectivity index (χ3n) is 4.78. The van der Waals surface area contributed by atoms with Gasteiger partial charge in [-0.05, 0) is 12.8 Å². The molecule has 1 saturated heterocycles. The van der Waals surface area contributed by atoms with Crippen LogP contribution in [0.25, 0.3) is 0 Å². The van der Waals surface area contributed by atoms with E-state index in [-0.39, 0.29) is 25.5 Å². The molecule has 23 heavy (non-hydrogen) atoms. The lowest BCUT2D eigenvalue weighted by molar-refractivity contribution is -0.189. The van der Waals surface area contributed by atoms with Crippen LogP contribution in [0.1, 0.15) is 25.7 Å². The fourth-order valence-electron chi connectivity index (χ4n) is 3.46. The van der Waals surface area contributed by atoms with Gasteiger partial charge in [-0.15, -0.1) is 0 Å². The number of aliphatic hydroxyl groups is 1. The highest BCUT2D eigenvalue weighted by Crippen LogP contribution is 2.37. The Bertz CT molecular complexity index is 385. The maximum atomic E-state index is 13.0. The maximum Gasteiger partial charge on any atom is 0.393 e. The summed E-state index contributed by atoms with van der Waals surface area (Å²) in [6.45, 7) is 3.80. The summed E-state index contributed by atoms with van der Waals surface area (Å²) < 4.78 is 39.1. The Morgan fingerprint density at radius 3 is 2.30 bits per heavy atom. The zero-order valence-electron chi connectivity index (χ0n) is 13.3. The van der Waals surface area contributed by atoms with Crippen LogP contribution in [-0.4, -0.2) is 78.9 Å². The Balaban J connectivity index is 1.78. The van der Waals surface area contributed by atoms with Gasteiger partial charge in [0.2, 0.25) is 5.91 Å². The summed E-state index contributed by atoms with van der Waals surface area (Å²) in [7, 11) is 0. The number of hydrogen-bond acceptors (Lipinski definition) is 4. The highest BCUT2D eigenvalue weighted by molar-refractivity contribution is 5.78. The predicted molar refractivity (Wildman–Crippen MR) is 79.9 cm³/mol. The van der Waals surface area contributed by atoms with E-state index in [4.69, 9.17) is 5.11 Å². The third-order valence-corrected chi connectivity index (χ3v) is 4.78. The Labute approximate surface area is 134 Å². The van der Waals surface area contributed by atoms with Gasteiger partial charge < -0.3 is 10.4 Å². The molecular weight excluding hydrogens is 311 g/mol. The number of β-amino-alcohol motifs (C(OH)–C–C–N with tert-alkyl or cyclic N) is 1. The minimum atomic E-state index is -4.24. The van der Waals surface area contributed by atoms with Gasteiger partial charge in [0.1, 0.15) is 0 Å². The molecule has 134 valence electrons. The number of hydrogen-bond donors (Lipinski definition) is 2. The van der Waals surface area contributed by atoms with Gasteiger partial charge in [0.15, 0.2) is 0 Å². The third kappa shape index (κ3) is 5.61. The number of aliphatic hydroxyl groups excluding tert-OH is 1. The molecule has 2 N–H and O–H groups in total. The Morgan fingerprint density at radius 2 is 1.70 bits per heavy atom. The summed E-state index contributed by atoms with van der Waals surface area (Å²) in [6, 6.07) is -0.785. The summed E-state index contributed by atoms with van der Waals surface area (Å²) in [5.41, 5.74) is 0. The van der Waals surface area contributed by atoms with Gasteiger partial charge in [-0.3, -0.25) is 14.6 Å². The molecule has 1 heterocycles. The first kappa shape index (κ1) is 18.5. The number of halogens is 3. The number of carbonyl (C=O) groups is 1. The lowest BCUT2D eigenvalue weighted by Crippen LogP contribution is -2.53. The van der Waals surface area contributed by atoms with Crippen molar-refractivity contribution in [2.24, 2.45) is 5.92 Å². The molecule has 0 aromatic rings. The van der Waals surface area contributed by atoms with E-state index in [0.29, 0.717) is 32.5 Å².